The average Bonchev–Trinajstić information content (AvgIpc) is 3.10. The smallest absolute Gasteiger partial charge is 0.326 e. The summed E-state index contributed by atoms with van der Waals surface area (Å²) < 4.78 is 5.52. The molecule has 1 amide bonds. The molecule has 0 bridgehead atoms. The zero-order chi connectivity index (χ0) is 14.8. The van der Waals surface area contributed by atoms with Crippen molar-refractivity contribution < 1.29 is 19.1 Å². The zero-order valence-electron chi connectivity index (χ0n) is 11.2. The number of para-hydroxylation sites is 2. The Bertz CT molecular complexity index is 651. The van der Waals surface area contributed by atoms with Crippen LogP contribution in [0.1, 0.15) is 12.8 Å². The van der Waals surface area contributed by atoms with E-state index in [0.29, 0.717) is 23.8 Å². The van der Waals surface area contributed by atoms with E-state index in [2.05, 4.69) is 4.98 Å². The van der Waals surface area contributed by atoms with Crippen LogP contribution < -0.4 is 0 Å². The van der Waals surface area contributed by atoms with Crippen molar-refractivity contribution in [2.75, 3.05) is 12.3 Å². The van der Waals surface area contributed by atoms with Gasteiger partial charge < -0.3 is 14.4 Å². The summed E-state index contributed by atoms with van der Waals surface area (Å²) in [5, 5.41) is 9.51. The summed E-state index contributed by atoms with van der Waals surface area (Å²) in [6, 6.07) is 6.68. The first-order valence-corrected chi connectivity index (χ1v) is 7.64. The number of carbonyl (C=O) groups excluding carboxylic acids is 1. The lowest BCUT2D eigenvalue weighted by atomic mass is 10.2. The van der Waals surface area contributed by atoms with Crippen LogP contribution in [0.3, 0.4) is 0 Å². The van der Waals surface area contributed by atoms with E-state index in [1.165, 1.54) is 16.7 Å². The number of carboxylic acids is 1. The van der Waals surface area contributed by atoms with Crippen LogP contribution in [0, 0.1) is 0 Å². The number of hydrogen-bond donors (Lipinski definition) is 1. The summed E-state index contributed by atoms with van der Waals surface area (Å²) in [7, 11) is 0. The van der Waals surface area contributed by atoms with Gasteiger partial charge in [0.05, 0.1) is 5.75 Å². The van der Waals surface area contributed by atoms with Gasteiger partial charge in [-0.15, -0.1) is 0 Å². The third-order valence-electron chi connectivity index (χ3n) is 3.45. The van der Waals surface area contributed by atoms with E-state index in [4.69, 9.17) is 9.52 Å². The molecule has 3 rings (SSSR count). The van der Waals surface area contributed by atoms with Crippen molar-refractivity contribution in [1.29, 1.82) is 0 Å². The van der Waals surface area contributed by atoms with Gasteiger partial charge in [0.15, 0.2) is 5.58 Å². The standard InChI is InChI=1S/C14H14N2O4S/c17-12(16-7-3-5-10(16)13(18)19)8-21-14-15-9-4-1-2-6-11(9)20-14/h1-2,4,6,10H,3,5,7-8H2,(H,18,19). The topological polar surface area (TPSA) is 83.6 Å². The van der Waals surface area contributed by atoms with Crippen molar-refractivity contribution in [3.8, 4) is 0 Å². The van der Waals surface area contributed by atoms with Crippen molar-refractivity contribution in [1.82, 2.24) is 9.88 Å². The van der Waals surface area contributed by atoms with Crippen molar-refractivity contribution >= 4 is 34.7 Å². The maximum Gasteiger partial charge on any atom is 0.326 e. The Kier molecular flexibility index (Phi) is 3.83. The van der Waals surface area contributed by atoms with Crippen molar-refractivity contribution in [3.05, 3.63) is 24.3 Å². The van der Waals surface area contributed by atoms with E-state index in [-0.39, 0.29) is 11.7 Å². The van der Waals surface area contributed by atoms with Gasteiger partial charge in [-0.1, -0.05) is 23.9 Å². The quantitative estimate of drug-likeness (QED) is 0.870. The molecule has 1 atom stereocenters. The van der Waals surface area contributed by atoms with Crippen LogP contribution >= 0.6 is 11.8 Å². The minimum Gasteiger partial charge on any atom is -0.480 e. The summed E-state index contributed by atoms with van der Waals surface area (Å²) in [5.41, 5.74) is 1.43. The summed E-state index contributed by atoms with van der Waals surface area (Å²) in [5.74, 6) is -0.990. The molecule has 1 fully saturated rings. The van der Waals surface area contributed by atoms with E-state index >= 15 is 0 Å². The number of fused-ring (bicyclic) bond motifs is 1. The first kappa shape index (κ1) is 13.9. The number of carbonyl (C=O) groups is 2. The molecule has 1 aromatic heterocycles. The molecular formula is C14H14N2O4S. The van der Waals surface area contributed by atoms with Crippen LogP contribution in [0.5, 0.6) is 0 Å². The maximum atomic E-state index is 12.1. The number of aromatic nitrogens is 1. The normalized spacial score (nSPS) is 18.3. The molecule has 0 radical (unpaired) electrons. The number of hydrogen-bond acceptors (Lipinski definition) is 5. The van der Waals surface area contributed by atoms with Crippen LogP contribution in [-0.4, -0.2) is 45.2 Å². The Morgan fingerprint density at radius 2 is 2.24 bits per heavy atom. The summed E-state index contributed by atoms with van der Waals surface area (Å²) in [6.07, 6.45) is 1.25. The highest BCUT2D eigenvalue weighted by Gasteiger charge is 2.33. The minimum absolute atomic E-state index is 0.136. The van der Waals surface area contributed by atoms with Crippen molar-refractivity contribution in [3.63, 3.8) is 0 Å². The second-order valence-electron chi connectivity index (χ2n) is 4.82. The summed E-state index contributed by atoms with van der Waals surface area (Å²) in [6.45, 7) is 0.504. The van der Waals surface area contributed by atoms with Crippen molar-refractivity contribution in [2.45, 2.75) is 24.1 Å². The molecule has 0 saturated carbocycles. The number of benzene rings is 1. The fourth-order valence-corrected chi connectivity index (χ4v) is 3.17. The highest BCUT2D eigenvalue weighted by Crippen LogP contribution is 2.25. The largest absolute Gasteiger partial charge is 0.480 e. The molecule has 1 unspecified atom stereocenters. The van der Waals surface area contributed by atoms with Crippen LogP contribution in [-0.2, 0) is 9.59 Å². The van der Waals surface area contributed by atoms with Gasteiger partial charge in [0, 0.05) is 6.54 Å². The molecule has 2 aromatic rings. The second kappa shape index (κ2) is 5.77. The number of likely N-dealkylation sites (tertiary alicyclic amines) is 1. The Morgan fingerprint density at radius 3 is 3.00 bits per heavy atom. The number of thioether (sulfide) groups is 1. The van der Waals surface area contributed by atoms with Crippen LogP contribution in [0.2, 0.25) is 0 Å². The summed E-state index contributed by atoms with van der Waals surface area (Å²) >= 11 is 1.19. The predicted molar refractivity (Wildman–Crippen MR) is 77.1 cm³/mol. The molecule has 7 heteroatoms. The number of oxazole rings is 1. The molecular weight excluding hydrogens is 292 g/mol. The van der Waals surface area contributed by atoms with Gasteiger partial charge in [0.25, 0.3) is 5.22 Å². The molecule has 2 heterocycles. The van der Waals surface area contributed by atoms with Gasteiger partial charge in [-0.2, -0.15) is 0 Å². The van der Waals surface area contributed by atoms with Gasteiger partial charge in [-0.05, 0) is 25.0 Å². The van der Waals surface area contributed by atoms with Crippen LogP contribution in [0.25, 0.3) is 11.1 Å². The van der Waals surface area contributed by atoms with Gasteiger partial charge in [-0.25, -0.2) is 9.78 Å². The third kappa shape index (κ3) is 2.87. The molecule has 21 heavy (non-hydrogen) atoms. The highest BCUT2D eigenvalue weighted by molar-refractivity contribution is 7.99. The first-order chi connectivity index (χ1) is 10.1. The lowest BCUT2D eigenvalue weighted by Crippen LogP contribution is -2.41. The molecule has 6 nitrogen and oxygen atoms in total. The SMILES string of the molecule is O=C(O)C1CCCN1C(=O)CSc1nc2ccccc2o1. The lowest BCUT2D eigenvalue weighted by molar-refractivity contribution is -0.147. The average molecular weight is 306 g/mol. The molecule has 0 spiro atoms. The Labute approximate surface area is 125 Å². The zero-order valence-corrected chi connectivity index (χ0v) is 12.0. The summed E-state index contributed by atoms with van der Waals surface area (Å²) in [4.78, 5) is 28.9. The molecule has 110 valence electrons. The minimum atomic E-state index is -0.937. The number of carboxylic acid groups (broad SMARTS) is 1. The van der Waals surface area contributed by atoms with Gasteiger partial charge in [-0.3, -0.25) is 4.79 Å². The highest BCUT2D eigenvalue weighted by atomic mass is 32.2. The molecule has 1 N–H and O–H groups in total. The van der Waals surface area contributed by atoms with E-state index < -0.39 is 12.0 Å². The van der Waals surface area contributed by atoms with Crippen LogP contribution in [0.15, 0.2) is 33.9 Å². The molecule has 1 aromatic carbocycles. The van der Waals surface area contributed by atoms with Crippen LogP contribution in [0.4, 0.5) is 0 Å². The lowest BCUT2D eigenvalue weighted by Gasteiger charge is -2.20. The van der Waals surface area contributed by atoms with E-state index in [9.17, 15) is 9.59 Å². The monoisotopic (exact) mass is 306 g/mol. The Morgan fingerprint density at radius 1 is 1.43 bits per heavy atom. The predicted octanol–water partition coefficient (Wildman–Crippen LogP) is 2.00. The van der Waals surface area contributed by atoms with Gasteiger partial charge >= 0.3 is 5.97 Å². The number of nitrogens with zero attached hydrogens (tertiary/aromatic N) is 2. The number of amides is 1. The number of aliphatic carboxylic acids is 1. The Hall–Kier alpha value is -2.02. The Balaban J connectivity index is 1.64. The fraction of sp³-hybridized carbons (Fsp3) is 0.357. The van der Waals surface area contributed by atoms with E-state index in [1.807, 2.05) is 24.3 Å². The van der Waals surface area contributed by atoms with Gasteiger partial charge in [0.1, 0.15) is 11.6 Å². The number of rotatable bonds is 4. The molecule has 1 saturated heterocycles. The van der Waals surface area contributed by atoms with Gasteiger partial charge in [0.2, 0.25) is 5.91 Å². The fourth-order valence-electron chi connectivity index (χ4n) is 2.44. The maximum absolute atomic E-state index is 12.1. The molecule has 1 aliphatic rings. The van der Waals surface area contributed by atoms with E-state index in [1.54, 1.807) is 0 Å². The van der Waals surface area contributed by atoms with Crippen molar-refractivity contribution in [2.24, 2.45) is 0 Å². The molecule has 1 aliphatic heterocycles. The first-order valence-electron chi connectivity index (χ1n) is 6.66. The van der Waals surface area contributed by atoms with E-state index in [0.717, 1.165) is 11.9 Å². The second-order valence-corrected chi connectivity index (χ2v) is 5.75. The third-order valence-corrected chi connectivity index (χ3v) is 4.26. The molecule has 0 aliphatic carbocycles.